The van der Waals surface area contributed by atoms with E-state index < -0.39 is 5.97 Å². The Bertz CT molecular complexity index is 1000. The van der Waals surface area contributed by atoms with Crippen LogP contribution in [-0.4, -0.2) is 58.9 Å². The predicted octanol–water partition coefficient (Wildman–Crippen LogP) is 2.75. The van der Waals surface area contributed by atoms with Crippen LogP contribution in [0.25, 0.3) is 11.3 Å². The zero-order chi connectivity index (χ0) is 20.9. The first-order valence-electron chi connectivity index (χ1n) is 10.1. The molecule has 2 aromatic heterocycles. The summed E-state index contributed by atoms with van der Waals surface area (Å²) in [6, 6.07) is 14.0. The van der Waals surface area contributed by atoms with Crippen LogP contribution in [0.4, 0.5) is 11.6 Å². The molecule has 1 fully saturated rings. The number of esters is 1. The predicted molar refractivity (Wildman–Crippen MR) is 115 cm³/mol. The Morgan fingerprint density at radius 2 is 1.73 bits per heavy atom. The molecule has 3 aromatic rings. The van der Waals surface area contributed by atoms with E-state index in [4.69, 9.17) is 4.74 Å². The molecule has 8 nitrogen and oxygen atoms in total. The maximum Gasteiger partial charge on any atom is 0.343 e. The van der Waals surface area contributed by atoms with Crippen molar-refractivity contribution in [2.24, 2.45) is 0 Å². The smallest absolute Gasteiger partial charge is 0.343 e. The van der Waals surface area contributed by atoms with Gasteiger partial charge in [0.25, 0.3) is 0 Å². The zero-order valence-corrected chi connectivity index (χ0v) is 17.2. The van der Waals surface area contributed by atoms with Crippen molar-refractivity contribution in [1.29, 1.82) is 0 Å². The number of aryl methyl sites for hydroxylation is 1. The number of anilines is 2. The van der Waals surface area contributed by atoms with E-state index in [-0.39, 0.29) is 0 Å². The molecule has 0 N–H and O–H groups in total. The molecule has 1 aliphatic rings. The number of aromatic nitrogens is 4. The number of piperazine rings is 1. The van der Waals surface area contributed by atoms with Crippen LogP contribution in [0.5, 0.6) is 0 Å². The topological polar surface area (TPSA) is 84.3 Å². The second kappa shape index (κ2) is 8.86. The fourth-order valence-electron chi connectivity index (χ4n) is 3.46. The van der Waals surface area contributed by atoms with E-state index in [2.05, 4.69) is 30.0 Å². The lowest BCUT2D eigenvalue weighted by Gasteiger charge is -2.36. The molecule has 1 aliphatic heterocycles. The van der Waals surface area contributed by atoms with Gasteiger partial charge in [-0.15, -0.1) is 10.2 Å². The lowest BCUT2D eigenvalue weighted by Crippen LogP contribution is -2.47. The van der Waals surface area contributed by atoms with Crippen LogP contribution in [0.1, 0.15) is 23.1 Å². The summed E-state index contributed by atoms with van der Waals surface area (Å²) in [5.74, 6) is 1.71. The van der Waals surface area contributed by atoms with Crippen LogP contribution in [-0.2, 0) is 4.74 Å². The van der Waals surface area contributed by atoms with Crippen molar-refractivity contribution in [2.75, 3.05) is 42.6 Å². The first kappa shape index (κ1) is 19.8. The van der Waals surface area contributed by atoms with Crippen molar-refractivity contribution in [2.45, 2.75) is 13.8 Å². The van der Waals surface area contributed by atoms with Crippen molar-refractivity contribution in [3.63, 3.8) is 0 Å². The Kier molecular flexibility index (Phi) is 5.83. The lowest BCUT2D eigenvalue weighted by atomic mass is 10.1. The number of benzene rings is 1. The van der Waals surface area contributed by atoms with E-state index in [0.29, 0.717) is 36.9 Å². The highest BCUT2D eigenvalue weighted by atomic mass is 16.5. The summed E-state index contributed by atoms with van der Waals surface area (Å²) in [5.41, 5.74) is 2.31. The van der Waals surface area contributed by atoms with Crippen LogP contribution in [0.15, 0.2) is 48.7 Å². The maximum atomic E-state index is 12.3. The first-order chi connectivity index (χ1) is 14.7. The molecule has 1 saturated heterocycles. The van der Waals surface area contributed by atoms with Crippen LogP contribution >= 0.6 is 0 Å². The summed E-state index contributed by atoms with van der Waals surface area (Å²) >= 11 is 0. The SMILES string of the molecule is CCOC(=O)c1cnc(C)nc1N1CCN(c2ccc(-c3ccccc3)nn2)CC1. The number of rotatable bonds is 5. The molecule has 154 valence electrons. The molecule has 8 heteroatoms. The Labute approximate surface area is 175 Å². The number of carbonyl (C=O) groups is 1. The van der Waals surface area contributed by atoms with Gasteiger partial charge in [-0.05, 0) is 26.0 Å². The summed E-state index contributed by atoms with van der Waals surface area (Å²) in [4.78, 5) is 25.3. The largest absolute Gasteiger partial charge is 0.462 e. The van der Waals surface area contributed by atoms with Crippen molar-refractivity contribution < 1.29 is 9.53 Å². The molecule has 0 saturated carbocycles. The Hall–Kier alpha value is -3.55. The molecule has 3 heterocycles. The van der Waals surface area contributed by atoms with Gasteiger partial charge in [0.2, 0.25) is 0 Å². The van der Waals surface area contributed by atoms with Gasteiger partial charge in [0, 0.05) is 37.9 Å². The molecule has 0 aliphatic carbocycles. The van der Waals surface area contributed by atoms with Gasteiger partial charge in [-0.25, -0.2) is 14.8 Å². The van der Waals surface area contributed by atoms with E-state index in [9.17, 15) is 4.79 Å². The third-order valence-corrected chi connectivity index (χ3v) is 5.01. The van der Waals surface area contributed by atoms with E-state index in [1.54, 1.807) is 13.1 Å². The van der Waals surface area contributed by atoms with E-state index in [0.717, 1.165) is 30.2 Å². The molecule has 0 atom stereocenters. The molecule has 0 radical (unpaired) electrons. The van der Waals surface area contributed by atoms with Gasteiger partial charge in [0.05, 0.1) is 12.3 Å². The van der Waals surface area contributed by atoms with Gasteiger partial charge < -0.3 is 14.5 Å². The fourth-order valence-corrected chi connectivity index (χ4v) is 3.46. The third-order valence-electron chi connectivity index (χ3n) is 5.01. The van der Waals surface area contributed by atoms with Gasteiger partial charge in [0.15, 0.2) is 5.82 Å². The molecule has 4 rings (SSSR count). The summed E-state index contributed by atoms with van der Waals surface area (Å²) < 4.78 is 5.16. The number of hydrogen-bond acceptors (Lipinski definition) is 8. The van der Waals surface area contributed by atoms with Gasteiger partial charge in [0.1, 0.15) is 17.2 Å². The van der Waals surface area contributed by atoms with Crippen molar-refractivity contribution in [3.8, 4) is 11.3 Å². The van der Waals surface area contributed by atoms with Crippen molar-refractivity contribution in [3.05, 3.63) is 60.0 Å². The number of nitrogens with zero attached hydrogens (tertiary/aromatic N) is 6. The highest BCUT2D eigenvalue weighted by Gasteiger charge is 2.25. The number of ether oxygens (including phenoxy) is 1. The average Bonchev–Trinajstić information content (AvgIpc) is 2.80. The minimum atomic E-state index is -0.391. The van der Waals surface area contributed by atoms with Gasteiger partial charge >= 0.3 is 5.97 Å². The molecule has 1 aromatic carbocycles. The van der Waals surface area contributed by atoms with Gasteiger partial charge in [-0.3, -0.25) is 0 Å². The summed E-state index contributed by atoms with van der Waals surface area (Å²) in [5, 5.41) is 8.80. The summed E-state index contributed by atoms with van der Waals surface area (Å²) in [6.45, 7) is 6.86. The molecule has 0 spiro atoms. The molecular formula is C22H24N6O2. The first-order valence-corrected chi connectivity index (χ1v) is 10.1. The highest BCUT2D eigenvalue weighted by molar-refractivity contribution is 5.94. The summed E-state index contributed by atoms with van der Waals surface area (Å²) in [7, 11) is 0. The lowest BCUT2D eigenvalue weighted by molar-refractivity contribution is 0.0526. The standard InChI is InChI=1S/C22H24N6O2/c1-3-30-22(29)18-15-23-16(2)24-21(18)28-13-11-27(12-14-28)20-10-9-19(25-26-20)17-7-5-4-6-8-17/h4-10,15H,3,11-14H2,1-2H3. The molecule has 30 heavy (non-hydrogen) atoms. The number of hydrogen-bond donors (Lipinski definition) is 0. The van der Waals surface area contributed by atoms with Crippen LogP contribution < -0.4 is 9.80 Å². The Morgan fingerprint density at radius 3 is 2.40 bits per heavy atom. The van der Waals surface area contributed by atoms with E-state index in [1.165, 1.54) is 0 Å². The van der Waals surface area contributed by atoms with Crippen LogP contribution in [0, 0.1) is 6.92 Å². The third kappa shape index (κ3) is 4.22. The summed E-state index contributed by atoms with van der Waals surface area (Å²) in [6.07, 6.45) is 1.55. The normalized spacial score (nSPS) is 13.9. The molecule has 0 unspecified atom stereocenters. The quantitative estimate of drug-likeness (QED) is 0.600. The fraction of sp³-hybridized carbons (Fsp3) is 0.318. The second-order valence-corrected chi connectivity index (χ2v) is 6.99. The zero-order valence-electron chi connectivity index (χ0n) is 17.2. The van der Waals surface area contributed by atoms with Crippen molar-refractivity contribution >= 4 is 17.6 Å². The van der Waals surface area contributed by atoms with Crippen molar-refractivity contribution in [1.82, 2.24) is 20.2 Å². The molecule has 0 amide bonds. The van der Waals surface area contributed by atoms with Crippen LogP contribution in [0.3, 0.4) is 0 Å². The van der Waals surface area contributed by atoms with Crippen LogP contribution in [0.2, 0.25) is 0 Å². The minimum absolute atomic E-state index is 0.317. The highest BCUT2D eigenvalue weighted by Crippen LogP contribution is 2.23. The molecule has 0 bridgehead atoms. The maximum absolute atomic E-state index is 12.3. The Balaban J connectivity index is 1.46. The van der Waals surface area contributed by atoms with E-state index in [1.807, 2.05) is 49.4 Å². The Morgan fingerprint density at radius 1 is 1.00 bits per heavy atom. The van der Waals surface area contributed by atoms with Gasteiger partial charge in [-0.2, -0.15) is 0 Å². The minimum Gasteiger partial charge on any atom is -0.462 e. The second-order valence-electron chi connectivity index (χ2n) is 6.99. The van der Waals surface area contributed by atoms with E-state index >= 15 is 0 Å². The monoisotopic (exact) mass is 404 g/mol. The average molecular weight is 404 g/mol. The van der Waals surface area contributed by atoms with Gasteiger partial charge in [-0.1, -0.05) is 30.3 Å². The number of carbonyl (C=O) groups excluding carboxylic acids is 1. The molecular weight excluding hydrogens is 380 g/mol.